The van der Waals surface area contributed by atoms with E-state index in [1.54, 1.807) is 24.0 Å². The van der Waals surface area contributed by atoms with Gasteiger partial charge in [0.05, 0.1) is 24.4 Å². The van der Waals surface area contributed by atoms with Gasteiger partial charge in [0.25, 0.3) is 5.91 Å². The molecule has 1 aromatic heterocycles. The Hall–Kier alpha value is -1.70. The van der Waals surface area contributed by atoms with Gasteiger partial charge in [-0.1, -0.05) is 31.8 Å². The Morgan fingerprint density at radius 3 is 2.74 bits per heavy atom. The van der Waals surface area contributed by atoms with Crippen LogP contribution in [0.15, 0.2) is 24.4 Å². The zero-order valence-electron chi connectivity index (χ0n) is 14.5. The third kappa shape index (κ3) is 4.40. The molecule has 0 saturated carbocycles. The number of aromatic nitrogens is 2. The molecule has 0 saturated heterocycles. The molecule has 0 aliphatic heterocycles. The predicted octanol–water partition coefficient (Wildman–Crippen LogP) is 2.98. The minimum Gasteiger partial charge on any atom is -0.360 e. The summed E-state index contributed by atoms with van der Waals surface area (Å²) in [5.41, 5.74) is 1.33. The number of fused-ring (bicyclic) bond motifs is 1. The third-order valence-electron chi connectivity index (χ3n) is 3.66. The molecule has 0 aliphatic carbocycles. The summed E-state index contributed by atoms with van der Waals surface area (Å²) in [7, 11) is 1.94. The lowest BCUT2D eigenvalue weighted by molar-refractivity contribution is -0.0756. The largest absolute Gasteiger partial charge is 0.360 e. The molecule has 2 rings (SSSR count). The highest BCUT2D eigenvalue weighted by Crippen LogP contribution is 2.20. The molecular formula is C16H25N3O3Si. The summed E-state index contributed by atoms with van der Waals surface area (Å²) in [5.74, 6) is -0.207. The molecule has 0 spiro atoms. The predicted molar refractivity (Wildman–Crippen MR) is 92.9 cm³/mol. The first-order chi connectivity index (χ1) is 10.8. The SMILES string of the molecule is CON(C)C(=O)c1cccc2cnn(COCC[Si](C)(C)C)c12. The minimum absolute atomic E-state index is 0.207. The van der Waals surface area contributed by atoms with Crippen LogP contribution in [-0.4, -0.2) is 49.6 Å². The molecule has 1 aromatic carbocycles. The van der Waals surface area contributed by atoms with E-state index in [0.717, 1.165) is 16.9 Å². The Labute approximate surface area is 137 Å². The van der Waals surface area contributed by atoms with Gasteiger partial charge in [-0.2, -0.15) is 5.10 Å². The van der Waals surface area contributed by atoms with Gasteiger partial charge in [-0.25, -0.2) is 9.75 Å². The van der Waals surface area contributed by atoms with Crippen molar-refractivity contribution in [2.24, 2.45) is 0 Å². The molecular weight excluding hydrogens is 310 g/mol. The molecule has 0 radical (unpaired) electrons. The molecule has 1 heterocycles. The van der Waals surface area contributed by atoms with Crippen molar-refractivity contribution in [1.29, 1.82) is 0 Å². The monoisotopic (exact) mass is 335 g/mol. The molecule has 2 aromatic rings. The lowest BCUT2D eigenvalue weighted by Crippen LogP contribution is -2.26. The van der Waals surface area contributed by atoms with Crippen molar-refractivity contribution in [1.82, 2.24) is 14.8 Å². The van der Waals surface area contributed by atoms with Crippen molar-refractivity contribution < 1.29 is 14.4 Å². The first kappa shape index (κ1) is 17.6. The summed E-state index contributed by atoms with van der Waals surface area (Å²) in [6.45, 7) is 8.01. The lowest BCUT2D eigenvalue weighted by Gasteiger charge is -2.16. The van der Waals surface area contributed by atoms with Gasteiger partial charge in [-0.15, -0.1) is 0 Å². The summed E-state index contributed by atoms with van der Waals surface area (Å²) < 4.78 is 7.50. The van der Waals surface area contributed by atoms with Gasteiger partial charge < -0.3 is 4.74 Å². The van der Waals surface area contributed by atoms with E-state index in [2.05, 4.69) is 24.7 Å². The number of carbonyl (C=O) groups excluding carboxylic acids is 1. The number of benzene rings is 1. The molecule has 7 heteroatoms. The van der Waals surface area contributed by atoms with Gasteiger partial charge in [0, 0.05) is 27.1 Å². The van der Waals surface area contributed by atoms with E-state index in [4.69, 9.17) is 9.57 Å². The molecule has 0 atom stereocenters. The third-order valence-corrected chi connectivity index (χ3v) is 5.37. The van der Waals surface area contributed by atoms with Crippen molar-refractivity contribution in [3.63, 3.8) is 0 Å². The zero-order chi connectivity index (χ0) is 17.0. The second kappa shape index (κ2) is 7.25. The second-order valence-corrected chi connectivity index (χ2v) is 12.3. The van der Waals surface area contributed by atoms with E-state index in [1.165, 1.54) is 12.2 Å². The van der Waals surface area contributed by atoms with Crippen molar-refractivity contribution in [3.8, 4) is 0 Å². The highest BCUT2D eigenvalue weighted by molar-refractivity contribution is 6.76. The first-order valence-corrected chi connectivity index (χ1v) is 11.4. The number of hydroxylamine groups is 2. The normalized spacial score (nSPS) is 11.9. The van der Waals surface area contributed by atoms with Crippen LogP contribution >= 0.6 is 0 Å². The smallest absolute Gasteiger partial charge is 0.279 e. The first-order valence-electron chi connectivity index (χ1n) is 7.68. The van der Waals surface area contributed by atoms with Crippen molar-refractivity contribution in [2.45, 2.75) is 32.4 Å². The van der Waals surface area contributed by atoms with Gasteiger partial charge in [-0.3, -0.25) is 9.63 Å². The van der Waals surface area contributed by atoms with Crippen LogP contribution in [0.1, 0.15) is 10.4 Å². The quantitative estimate of drug-likeness (QED) is 0.443. The molecule has 0 aliphatic rings. The van der Waals surface area contributed by atoms with Crippen molar-refractivity contribution in [3.05, 3.63) is 30.0 Å². The number of para-hydroxylation sites is 1. The fourth-order valence-electron chi connectivity index (χ4n) is 2.20. The van der Waals surface area contributed by atoms with Crippen LogP contribution in [0.25, 0.3) is 10.9 Å². The van der Waals surface area contributed by atoms with Crippen LogP contribution in [0.3, 0.4) is 0 Å². The van der Waals surface area contributed by atoms with E-state index >= 15 is 0 Å². The van der Waals surface area contributed by atoms with E-state index in [9.17, 15) is 4.79 Å². The van der Waals surface area contributed by atoms with E-state index in [0.29, 0.717) is 18.9 Å². The zero-order valence-corrected chi connectivity index (χ0v) is 15.5. The van der Waals surface area contributed by atoms with Crippen LogP contribution in [0, 0.1) is 0 Å². The molecule has 0 unspecified atom stereocenters. The molecule has 0 bridgehead atoms. The minimum atomic E-state index is -1.11. The number of hydrogen-bond acceptors (Lipinski definition) is 4. The maximum Gasteiger partial charge on any atom is 0.279 e. The van der Waals surface area contributed by atoms with Crippen LogP contribution in [0.2, 0.25) is 25.7 Å². The average molecular weight is 335 g/mol. The Kier molecular flexibility index (Phi) is 5.56. The van der Waals surface area contributed by atoms with E-state index in [1.807, 2.05) is 12.1 Å². The van der Waals surface area contributed by atoms with Gasteiger partial charge in [-0.05, 0) is 12.1 Å². The van der Waals surface area contributed by atoms with Crippen LogP contribution in [0.5, 0.6) is 0 Å². The molecule has 23 heavy (non-hydrogen) atoms. The number of rotatable bonds is 7. The van der Waals surface area contributed by atoms with Gasteiger partial charge in [0.1, 0.15) is 6.73 Å². The van der Waals surface area contributed by atoms with Gasteiger partial charge in [0.15, 0.2) is 0 Å². The number of amides is 1. The number of nitrogens with zero attached hydrogens (tertiary/aromatic N) is 3. The van der Waals surface area contributed by atoms with Crippen LogP contribution in [-0.2, 0) is 16.3 Å². The Bertz CT molecular complexity index is 679. The number of ether oxygens (including phenoxy) is 1. The number of carbonyl (C=O) groups is 1. The highest BCUT2D eigenvalue weighted by atomic mass is 28.3. The second-order valence-electron chi connectivity index (χ2n) is 6.72. The highest BCUT2D eigenvalue weighted by Gasteiger charge is 2.18. The fourth-order valence-corrected chi connectivity index (χ4v) is 2.95. The lowest BCUT2D eigenvalue weighted by atomic mass is 10.1. The maximum atomic E-state index is 12.4. The molecule has 126 valence electrons. The maximum absolute atomic E-state index is 12.4. The Morgan fingerprint density at radius 2 is 2.09 bits per heavy atom. The van der Waals surface area contributed by atoms with Crippen molar-refractivity contribution >= 4 is 24.9 Å². The molecule has 0 N–H and O–H groups in total. The molecule has 0 fully saturated rings. The van der Waals surface area contributed by atoms with Crippen LogP contribution in [0.4, 0.5) is 0 Å². The molecule has 1 amide bonds. The molecule has 6 nitrogen and oxygen atoms in total. The standard InChI is InChI=1S/C16H25N3O3Si/c1-18(21-2)16(20)14-8-6-7-13-11-17-19(15(13)14)12-22-9-10-23(3,4)5/h6-8,11H,9-10,12H2,1-5H3. The summed E-state index contributed by atoms with van der Waals surface area (Å²) >= 11 is 0. The average Bonchev–Trinajstić information content (AvgIpc) is 2.92. The summed E-state index contributed by atoms with van der Waals surface area (Å²) in [4.78, 5) is 17.4. The Morgan fingerprint density at radius 1 is 1.35 bits per heavy atom. The summed E-state index contributed by atoms with van der Waals surface area (Å²) in [6, 6.07) is 6.66. The van der Waals surface area contributed by atoms with Gasteiger partial charge in [0.2, 0.25) is 0 Å². The van der Waals surface area contributed by atoms with Gasteiger partial charge >= 0.3 is 0 Å². The Balaban J connectivity index is 2.19. The van der Waals surface area contributed by atoms with Crippen molar-refractivity contribution in [2.75, 3.05) is 20.8 Å². The van der Waals surface area contributed by atoms with E-state index in [-0.39, 0.29) is 5.91 Å². The van der Waals surface area contributed by atoms with Crippen LogP contribution < -0.4 is 0 Å². The summed E-state index contributed by atoms with van der Waals surface area (Å²) in [5, 5.41) is 6.47. The summed E-state index contributed by atoms with van der Waals surface area (Å²) in [6.07, 6.45) is 1.75. The van der Waals surface area contributed by atoms with E-state index < -0.39 is 8.07 Å². The fraction of sp³-hybridized carbons (Fsp3) is 0.500. The topological polar surface area (TPSA) is 56.6 Å². The number of hydrogen-bond donors (Lipinski definition) is 0.